The van der Waals surface area contributed by atoms with Gasteiger partial charge in [0.1, 0.15) is 0 Å². The van der Waals surface area contributed by atoms with Crippen LogP contribution >= 0.6 is 0 Å². The van der Waals surface area contributed by atoms with Crippen LogP contribution in [-0.4, -0.2) is 95.4 Å². The second-order valence-corrected chi connectivity index (χ2v) is 16.4. The van der Waals surface area contributed by atoms with Crippen LogP contribution in [0.15, 0.2) is 60.7 Å². The zero-order valence-electron chi connectivity index (χ0n) is 37.3. The summed E-state index contributed by atoms with van der Waals surface area (Å²) in [7, 11) is 0. The minimum atomic E-state index is -0.943. The van der Waals surface area contributed by atoms with Crippen molar-refractivity contribution >= 4 is 60.8 Å². The fourth-order valence-corrected chi connectivity index (χ4v) is 7.35. The molecule has 4 unspecified atom stereocenters. The van der Waals surface area contributed by atoms with Gasteiger partial charge in [-0.1, -0.05) is 177 Å². The topological polar surface area (TPSA) is 139 Å². The van der Waals surface area contributed by atoms with Gasteiger partial charge < -0.3 is 39.5 Å². The Morgan fingerprint density at radius 2 is 0.746 bits per heavy atom. The molecule has 2 N–H and O–H groups in total. The van der Waals surface area contributed by atoms with Gasteiger partial charge in [-0.25, -0.2) is 0 Å². The zero-order chi connectivity index (χ0) is 42.3. The van der Waals surface area contributed by atoms with Crippen molar-refractivity contribution in [2.45, 2.75) is 231 Å². The molecule has 0 fully saturated rings. The molecule has 0 amide bonds. The number of carbonyl (C=O) groups is 2. The third-order valence-electron chi connectivity index (χ3n) is 10.8. The first kappa shape index (κ1) is 57.8. The number of hydrogen-bond donors (Lipinski definition) is 2. The van der Waals surface area contributed by atoms with Gasteiger partial charge in [0.2, 0.25) is 0 Å². The van der Waals surface area contributed by atoms with E-state index in [0.717, 1.165) is 167 Å². The molecule has 0 saturated heterocycles. The molecule has 0 aliphatic heterocycles. The van der Waals surface area contributed by atoms with E-state index in [1.165, 1.54) is 11.1 Å². The van der Waals surface area contributed by atoms with E-state index in [2.05, 4.69) is 38.1 Å². The van der Waals surface area contributed by atoms with Crippen molar-refractivity contribution in [3.05, 3.63) is 71.8 Å². The molecule has 59 heavy (non-hydrogen) atoms. The van der Waals surface area contributed by atoms with E-state index < -0.39 is 11.9 Å². The second-order valence-electron chi connectivity index (χ2n) is 16.4. The standard InChI is InChI=1S/2C25H42O4.Ba/c2*1-2-14-23(26)17-10-7-12-19-24(29-21-22-15-8-6-9-16-22)18-11-4-3-5-13-20-25(27)28;/h2*6,8-9,15-16,23-24,26H,2-5,7,10-14,17-21H2,1H3,(H,27,28);/q;;+2/p-2. The van der Waals surface area contributed by atoms with Crippen molar-refractivity contribution < 1.29 is 39.5 Å². The third-order valence-corrected chi connectivity index (χ3v) is 10.8. The maximum absolute atomic E-state index is 10.4. The number of aliphatic hydroxyl groups is 2. The average Bonchev–Trinajstić information content (AvgIpc) is 3.21. The number of benzene rings is 2. The summed E-state index contributed by atoms with van der Waals surface area (Å²) in [6, 6.07) is 20.6. The van der Waals surface area contributed by atoms with E-state index in [9.17, 15) is 30.0 Å². The minimum absolute atomic E-state index is 0. The summed E-state index contributed by atoms with van der Waals surface area (Å²) in [4.78, 5) is 20.9. The predicted molar refractivity (Wildman–Crippen MR) is 238 cm³/mol. The Kier molecular flexibility index (Phi) is 41.2. The predicted octanol–water partition coefficient (Wildman–Crippen LogP) is 9.95. The number of carboxylic acids is 2. The quantitative estimate of drug-likeness (QED) is 0.0501. The van der Waals surface area contributed by atoms with Gasteiger partial charge in [-0.15, -0.1) is 0 Å². The first-order valence-electron chi connectivity index (χ1n) is 23.3. The molecule has 9 heteroatoms. The summed E-state index contributed by atoms with van der Waals surface area (Å²) in [5.41, 5.74) is 2.42. The molecule has 2 rings (SSSR count). The molecule has 2 aromatic carbocycles. The summed E-state index contributed by atoms with van der Waals surface area (Å²) in [5, 5.41) is 40.6. The number of ether oxygens (including phenoxy) is 2. The van der Waals surface area contributed by atoms with Gasteiger partial charge in [0.05, 0.1) is 37.6 Å². The van der Waals surface area contributed by atoms with E-state index in [1.807, 2.05) is 36.4 Å². The number of rotatable bonds is 38. The van der Waals surface area contributed by atoms with Crippen LogP contribution in [0.4, 0.5) is 0 Å². The van der Waals surface area contributed by atoms with Crippen LogP contribution in [0.3, 0.4) is 0 Å². The fourth-order valence-electron chi connectivity index (χ4n) is 7.35. The number of unbranched alkanes of at least 4 members (excludes halogenated alkanes) is 12. The van der Waals surface area contributed by atoms with Crippen molar-refractivity contribution in [3.63, 3.8) is 0 Å². The molecule has 0 aliphatic rings. The number of carbonyl (C=O) groups excluding carboxylic acids is 2. The Morgan fingerprint density at radius 3 is 1.07 bits per heavy atom. The van der Waals surface area contributed by atoms with E-state index in [1.54, 1.807) is 0 Å². The molecule has 0 aromatic heterocycles. The summed E-state index contributed by atoms with van der Waals surface area (Å²) >= 11 is 0. The molecule has 0 aliphatic carbocycles. The Balaban J connectivity index is 0.00000112. The fraction of sp³-hybridized carbons (Fsp3) is 0.720. The van der Waals surface area contributed by atoms with Crippen molar-refractivity contribution in [2.24, 2.45) is 0 Å². The summed E-state index contributed by atoms with van der Waals surface area (Å²) < 4.78 is 12.4. The smallest absolute Gasteiger partial charge is 0.550 e. The molecule has 8 nitrogen and oxygen atoms in total. The summed E-state index contributed by atoms with van der Waals surface area (Å²) in [5.74, 6) is -1.89. The Bertz CT molecular complexity index is 1110. The zero-order valence-corrected chi connectivity index (χ0v) is 41.8. The molecule has 332 valence electrons. The maximum Gasteiger partial charge on any atom is 2.00 e. The van der Waals surface area contributed by atoms with Crippen molar-refractivity contribution in [1.82, 2.24) is 0 Å². The normalized spacial score (nSPS) is 13.1. The maximum atomic E-state index is 10.4. The van der Waals surface area contributed by atoms with Crippen LogP contribution in [0.2, 0.25) is 0 Å². The number of aliphatic carboxylic acids is 2. The Hall–Kier alpha value is -1.21. The Morgan fingerprint density at radius 1 is 0.458 bits per heavy atom. The van der Waals surface area contributed by atoms with Gasteiger partial charge in [0.25, 0.3) is 0 Å². The monoisotopic (exact) mass is 949 g/mol. The summed E-state index contributed by atoms with van der Waals surface area (Å²) in [6.07, 6.45) is 27.4. The van der Waals surface area contributed by atoms with Gasteiger partial charge in [0.15, 0.2) is 0 Å². The molecule has 0 spiro atoms. The molecule has 0 radical (unpaired) electrons. The van der Waals surface area contributed by atoms with Gasteiger partial charge in [-0.3, -0.25) is 0 Å². The van der Waals surface area contributed by atoms with Crippen LogP contribution < -0.4 is 10.2 Å². The second kappa shape index (κ2) is 42.1. The SMILES string of the molecule is CCCC(O)CCCCCC(CCCCCCCC(=O)[O-])OCc1ccccc1.CCCC(O)CCCCCC(CCCCCCCC(=O)[O-])OCc1ccccc1.[Ba+2]. The van der Waals surface area contributed by atoms with Gasteiger partial charge in [0, 0.05) is 11.9 Å². The molecular formula is C50H82BaO8. The van der Waals surface area contributed by atoms with E-state index in [-0.39, 0.29) is 86.1 Å². The largest absolute Gasteiger partial charge is 2.00 e. The minimum Gasteiger partial charge on any atom is -0.550 e. The van der Waals surface area contributed by atoms with Gasteiger partial charge in [-0.05, 0) is 88.2 Å². The number of carboxylic acid groups (broad SMARTS) is 2. The molecule has 4 atom stereocenters. The Labute approximate surface area is 400 Å². The first-order valence-corrected chi connectivity index (χ1v) is 23.3. The van der Waals surface area contributed by atoms with Gasteiger partial charge >= 0.3 is 48.9 Å². The molecule has 0 saturated carbocycles. The van der Waals surface area contributed by atoms with Crippen LogP contribution in [0, 0.1) is 0 Å². The van der Waals surface area contributed by atoms with E-state index in [4.69, 9.17) is 9.47 Å². The van der Waals surface area contributed by atoms with Crippen LogP contribution in [0.5, 0.6) is 0 Å². The van der Waals surface area contributed by atoms with Crippen LogP contribution in [0.1, 0.15) is 205 Å². The van der Waals surface area contributed by atoms with E-state index in [0.29, 0.717) is 13.2 Å². The molecule has 2 aromatic rings. The third kappa shape index (κ3) is 38.2. The van der Waals surface area contributed by atoms with Crippen molar-refractivity contribution in [2.75, 3.05) is 0 Å². The van der Waals surface area contributed by atoms with Crippen molar-refractivity contribution in [3.8, 4) is 0 Å². The van der Waals surface area contributed by atoms with Gasteiger partial charge in [-0.2, -0.15) is 0 Å². The number of hydrogen-bond acceptors (Lipinski definition) is 8. The molecule has 0 bridgehead atoms. The first-order chi connectivity index (χ1) is 28.2. The molecule has 0 heterocycles. The molecular weight excluding hydrogens is 866 g/mol. The summed E-state index contributed by atoms with van der Waals surface area (Å²) in [6.45, 7) is 5.54. The van der Waals surface area contributed by atoms with E-state index >= 15 is 0 Å². The van der Waals surface area contributed by atoms with Crippen molar-refractivity contribution in [1.29, 1.82) is 0 Å². The van der Waals surface area contributed by atoms with Crippen LogP contribution in [0.25, 0.3) is 0 Å². The van der Waals surface area contributed by atoms with Crippen LogP contribution in [-0.2, 0) is 32.3 Å². The number of aliphatic hydroxyl groups excluding tert-OH is 2. The average molecular weight is 949 g/mol.